The number of rotatable bonds is 6. The Morgan fingerprint density at radius 3 is 2.63 bits per heavy atom. The van der Waals surface area contributed by atoms with Crippen molar-refractivity contribution in [3.8, 4) is 17.1 Å². The smallest absolute Gasteiger partial charge is 0.439 e. The van der Waals surface area contributed by atoms with Crippen molar-refractivity contribution < 1.29 is 19.0 Å². The molecule has 2 N–H and O–H groups in total. The third-order valence-corrected chi connectivity index (χ3v) is 3.72. The number of aromatic nitrogens is 2. The van der Waals surface area contributed by atoms with E-state index in [9.17, 15) is 19.7 Å². The summed E-state index contributed by atoms with van der Waals surface area (Å²) in [5.74, 6) is -0.588. The number of carbonyl (C=O) groups excluding carboxylic acids is 1. The Labute approximate surface area is 151 Å². The molecule has 0 radical (unpaired) electrons. The fourth-order valence-electron chi connectivity index (χ4n) is 2.36. The van der Waals surface area contributed by atoms with Crippen LogP contribution < -0.4 is 15.8 Å². The fraction of sp³-hybridized carbons (Fsp3) is 0.118. The number of H-pyrrole nitrogens is 1. The normalized spacial score (nSPS) is 10.4. The second-order valence-electron chi connectivity index (χ2n) is 5.50. The number of hydrogen-bond donors (Lipinski definition) is 2. The molecule has 3 aromatic rings. The predicted octanol–water partition coefficient (Wildman–Crippen LogP) is 1.88. The Balaban J connectivity index is 1.69. The zero-order valence-electron chi connectivity index (χ0n) is 14.1. The summed E-state index contributed by atoms with van der Waals surface area (Å²) in [5, 5.41) is 17.2. The highest BCUT2D eigenvalue weighted by Gasteiger charge is 2.15. The summed E-state index contributed by atoms with van der Waals surface area (Å²) in [6, 6.07) is 10.8. The number of carbonyl (C=O) groups is 1. The van der Waals surface area contributed by atoms with Crippen LogP contribution in [0.5, 0.6) is 5.75 Å². The summed E-state index contributed by atoms with van der Waals surface area (Å²) in [5.41, 5.74) is 1.33. The maximum Gasteiger partial charge on any atom is 0.439 e. The first-order valence-corrected chi connectivity index (χ1v) is 7.73. The topological polar surface area (TPSA) is 140 Å². The van der Waals surface area contributed by atoms with Gasteiger partial charge in [0.25, 0.3) is 11.6 Å². The van der Waals surface area contributed by atoms with Crippen LogP contribution in [-0.2, 0) is 6.54 Å². The van der Waals surface area contributed by atoms with Gasteiger partial charge in [-0.15, -0.1) is 0 Å². The van der Waals surface area contributed by atoms with Gasteiger partial charge in [0.1, 0.15) is 5.75 Å². The van der Waals surface area contributed by atoms with Gasteiger partial charge in [-0.25, -0.2) is 4.79 Å². The van der Waals surface area contributed by atoms with Crippen LogP contribution in [0, 0.1) is 10.1 Å². The van der Waals surface area contributed by atoms with Crippen LogP contribution in [0.15, 0.2) is 51.8 Å². The van der Waals surface area contributed by atoms with E-state index in [0.717, 1.165) is 5.56 Å². The average Bonchev–Trinajstić information content (AvgIpc) is 3.12. The minimum absolute atomic E-state index is 0.123. The van der Waals surface area contributed by atoms with Crippen molar-refractivity contribution in [3.63, 3.8) is 0 Å². The number of aromatic amines is 1. The molecule has 2 aromatic carbocycles. The predicted molar refractivity (Wildman–Crippen MR) is 93.4 cm³/mol. The van der Waals surface area contributed by atoms with E-state index in [1.807, 2.05) is 0 Å². The Bertz CT molecular complexity index is 1040. The zero-order chi connectivity index (χ0) is 19.4. The summed E-state index contributed by atoms with van der Waals surface area (Å²) in [6.07, 6.45) is 0. The van der Waals surface area contributed by atoms with Crippen molar-refractivity contribution in [1.82, 2.24) is 15.5 Å². The van der Waals surface area contributed by atoms with E-state index in [1.54, 1.807) is 24.3 Å². The van der Waals surface area contributed by atoms with Gasteiger partial charge in [0, 0.05) is 23.7 Å². The molecule has 0 atom stereocenters. The maximum absolute atomic E-state index is 12.3. The van der Waals surface area contributed by atoms with Gasteiger partial charge in [0.2, 0.25) is 0 Å². The van der Waals surface area contributed by atoms with Gasteiger partial charge in [0.15, 0.2) is 5.82 Å². The van der Waals surface area contributed by atoms with Crippen molar-refractivity contribution in [2.75, 3.05) is 7.11 Å². The van der Waals surface area contributed by atoms with Crippen molar-refractivity contribution in [1.29, 1.82) is 0 Å². The Morgan fingerprint density at radius 2 is 2.04 bits per heavy atom. The zero-order valence-corrected chi connectivity index (χ0v) is 14.1. The van der Waals surface area contributed by atoms with E-state index in [0.29, 0.717) is 11.4 Å². The van der Waals surface area contributed by atoms with Crippen LogP contribution in [0.4, 0.5) is 5.69 Å². The van der Waals surface area contributed by atoms with E-state index < -0.39 is 16.6 Å². The van der Waals surface area contributed by atoms with E-state index >= 15 is 0 Å². The number of nitro benzene ring substituents is 1. The van der Waals surface area contributed by atoms with Crippen molar-refractivity contribution >= 4 is 11.6 Å². The molecule has 3 rings (SSSR count). The lowest BCUT2D eigenvalue weighted by Crippen LogP contribution is -2.22. The summed E-state index contributed by atoms with van der Waals surface area (Å²) >= 11 is 0. The highest BCUT2D eigenvalue weighted by molar-refractivity contribution is 5.95. The molecule has 1 amide bonds. The van der Waals surface area contributed by atoms with Crippen LogP contribution in [0.1, 0.15) is 15.9 Å². The minimum Gasteiger partial charge on any atom is -0.496 e. The minimum atomic E-state index is -0.645. The number of ether oxygens (including phenoxy) is 1. The van der Waals surface area contributed by atoms with Gasteiger partial charge in [-0.1, -0.05) is 29.4 Å². The number of non-ortho nitro benzene ring substituents is 1. The molecule has 0 saturated heterocycles. The van der Waals surface area contributed by atoms with E-state index in [4.69, 9.17) is 4.74 Å². The van der Waals surface area contributed by atoms with Gasteiger partial charge in [-0.05, 0) is 11.6 Å². The number of amides is 1. The highest BCUT2D eigenvalue weighted by atomic mass is 16.6. The first-order chi connectivity index (χ1) is 13.0. The van der Waals surface area contributed by atoms with Gasteiger partial charge >= 0.3 is 5.76 Å². The molecule has 0 fully saturated rings. The Hall–Kier alpha value is -3.95. The summed E-state index contributed by atoms with van der Waals surface area (Å²) < 4.78 is 9.44. The quantitative estimate of drug-likeness (QED) is 0.498. The van der Waals surface area contributed by atoms with Crippen LogP contribution >= 0.6 is 0 Å². The number of hydrogen-bond acceptors (Lipinski definition) is 7. The first-order valence-electron chi connectivity index (χ1n) is 7.73. The third-order valence-electron chi connectivity index (χ3n) is 3.72. The molecule has 1 aromatic heterocycles. The monoisotopic (exact) mass is 370 g/mol. The maximum atomic E-state index is 12.3. The number of nitro groups is 1. The Kier molecular flexibility index (Phi) is 4.97. The molecule has 0 aliphatic carbocycles. The molecule has 0 spiro atoms. The molecule has 10 nitrogen and oxygen atoms in total. The molecule has 0 aliphatic heterocycles. The van der Waals surface area contributed by atoms with Gasteiger partial charge in [-0.2, -0.15) is 0 Å². The number of nitrogens with one attached hydrogen (secondary N) is 2. The number of methoxy groups -OCH3 is 1. The molecular formula is C17H14N4O6. The summed E-state index contributed by atoms with van der Waals surface area (Å²) in [6.45, 7) is 0.208. The Morgan fingerprint density at radius 1 is 1.30 bits per heavy atom. The van der Waals surface area contributed by atoms with Crippen LogP contribution in [-0.4, -0.2) is 28.1 Å². The summed E-state index contributed by atoms with van der Waals surface area (Å²) in [7, 11) is 1.37. The standard InChI is InChI=1S/C17H14N4O6/c1-26-14-7-12(6-13(8-14)21(24)25)16(22)18-9-10-2-4-11(5-3-10)15-19-17(23)27-20-15/h2-8H,9H2,1H3,(H,18,22)(H,19,20,23). The lowest BCUT2D eigenvalue weighted by Gasteiger charge is -2.07. The van der Waals surface area contributed by atoms with E-state index in [-0.39, 0.29) is 23.5 Å². The van der Waals surface area contributed by atoms with Crippen LogP contribution in [0.3, 0.4) is 0 Å². The average molecular weight is 370 g/mol. The molecule has 138 valence electrons. The largest absolute Gasteiger partial charge is 0.496 e. The van der Waals surface area contributed by atoms with Crippen LogP contribution in [0.25, 0.3) is 11.4 Å². The van der Waals surface area contributed by atoms with Gasteiger partial charge in [-0.3, -0.25) is 24.4 Å². The second kappa shape index (κ2) is 7.52. The van der Waals surface area contributed by atoms with Crippen LogP contribution in [0.2, 0.25) is 0 Å². The first kappa shape index (κ1) is 17.9. The second-order valence-corrected chi connectivity index (χ2v) is 5.50. The number of nitrogens with zero attached hydrogens (tertiary/aromatic N) is 2. The molecule has 0 unspecified atom stereocenters. The highest BCUT2D eigenvalue weighted by Crippen LogP contribution is 2.22. The lowest BCUT2D eigenvalue weighted by molar-refractivity contribution is -0.385. The lowest BCUT2D eigenvalue weighted by atomic mass is 10.1. The molecule has 1 heterocycles. The van der Waals surface area contributed by atoms with E-state index in [2.05, 4.69) is 20.0 Å². The molecule has 27 heavy (non-hydrogen) atoms. The number of benzene rings is 2. The molecule has 0 aliphatic rings. The molecule has 0 bridgehead atoms. The van der Waals surface area contributed by atoms with Crippen molar-refractivity contribution in [2.45, 2.75) is 6.54 Å². The third kappa shape index (κ3) is 4.18. The fourth-order valence-corrected chi connectivity index (χ4v) is 2.36. The molecule has 10 heteroatoms. The SMILES string of the molecule is COc1cc(C(=O)NCc2ccc(-c3noc(=O)[nH]3)cc2)cc([N+](=O)[O-])c1. The summed E-state index contributed by atoms with van der Waals surface area (Å²) in [4.78, 5) is 36.1. The van der Waals surface area contributed by atoms with Gasteiger partial charge in [0.05, 0.1) is 18.1 Å². The van der Waals surface area contributed by atoms with E-state index in [1.165, 1.54) is 25.3 Å². The van der Waals surface area contributed by atoms with Crippen molar-refractivity contribution in [3.05, 3.63) is 74.3 Å². The molecular weight excluding hydrogens is 356 g/mol. The molecule has 0 saturated carbocycles. The van der Waals surface area contributed by atoms with Crippen molar-refractivity contribution in [2.24, 2.45) is 0 Å². The van der Waals surface area contributed by atoms with Gasteiger partial charge < -0.3 is 10.1 Å².